The van der Waals surface area contributed by atoms with Crippen molar-refractivity contribution in [2.75, 3.05) is 39.4 Å². The first-order valence-electron chi connectivity index (χ1n) is 9.84. The van der Waals surface area contributed by atoms with E-state index in [2.05, 4.69) is 10.6 Å². The summed E-state index contributed by atoms with van der Waals surface area (Å²) in [6.45, 7) is 1.34. The first-order chi connectivity index (χ1) is 14.9. The molecular formula is C21H24FN3O5S. The van der Waals surface area contributed by atoms with Gasteiger partial charge in [0.1, 0.15) is 5.82 Å². The van der Waals surface area contributed by atoms with Crippen LogP contribution in [0.2, 0.25) is 0 Å². The van der Waals surface area contributed by atoms with Gasteiger partial charge in [0.15, 0.2) is 0 Å². The lowest BCUT2D eigenvalue weighted by molar-refractivity contribution is -0.120. The van der Waals surface area contributed by atoms with Crippen molar-refractivity contribution in [2.24, 2.45) is 0 Å². The summed E-state index contributed by atoms with van der Waals surface area (Å²) in [6.07, 6.45) is 0.0202. The van der Waals surface area contributed by atoms with Crippen molar-refractivity contribution >= 4 is 21.8 Å². The zero-order valence-electron chi connectivity index (χ0n) is 16.8. The molecule has 10 heteroatoms. The second-order valence-electron chi connectivity index (χ2n) is 6.93. The Morgan fingerprint density at radius 2 is 1.71 bits per heavy atom. The summed E-state index contributed by atoms with van der Waals surface area (Å²) < 4.78 is 45.5. The largest absolute Gasteiger partial charge is 0.379 e. The molecule has 2 aromatic carbocycles. The molecular weight excluding hydrogens is 425 g/mol. The fraction of sp³-hybridized carbons (Fsp3) is 0.333. The van der Waals surface area contributed by atoms with E-state index >= 15 is 0 Å². The molecule has 1 aliphatic rings. The predicted molar refractivity (Wildman–Crippen MR) is 111 cm³/mol. The van der Waals surface area contributed by atoms with Crippen LogP contribution in [0, 0.1) is 5.82 Å². The Hall–Kier alpha value is -2.82. The van der Waals surface area contributed by atoms with Gasteiger partial charge in [0.05, 0.1) is 30.1 Å². The summed E-state index contributed by atoms with van der Waals surface area (Å²) >= 11 is 0. The lowest BCUT2D eigenvalue weighted by Crippen LogP contribution is -2.41. The third kappa shape index (κ3) is 6.09. The first kappa shape index (κ1) is 22.9. The van der Waals surface area contributed by atoms with Crippen molar-refractivity contribution in [3.8, 4) is 0 Å². The molecule has 1 fully saturated rings. The molecule has 0 bridgehead atoms. The van der Waals surface area contributed by atoms with E-state index < -0.39 is 21.7 Å². The topological polar surface area (TPSA) is 105 Å². The Labute approximate surface area is 180 Å². The molecule has 2 aromatic rings. The average molecular weight is 450 g/mol. The normalized spacial score (nSPS) is 14.7. The number of halogens is 1. The standard InChI is InChI=1S/C21H24FN3O5S/c22-17-5-3-4-16(14-17)15-20(26)23-8-9-24-21(27)18-6-1-2-7-19(18)31(28,29)25-10-12-30-13-11-25/h1-7,14H,8-13,15H2,(H,23,26)(H,24,27). The Bertz CT molecular complexity index is 1040. The Morgan fingerprint density at radius 1 is 1.00 bits per heavy atom. The molecule has 0 aromatic heterocycles. The van der Waals surface area contributed by atoms with Crippen LogP contribution in [0.3, 0.4) is 0 Å². The van der Waals surface area contributed by atoms with Crippen molar-refractivity contribution < 1.29 is 27.1 Å². The summed E-state index contributed by atoms with van der Waals surface area (Å²) in [5, 5.41) is 5.26. The van der Waals surface area contributed by atoms with Gasteiger partial charge in [0.25, 0.3) is 5.91 Å². The monoisotopic (exact) mass is 449 g/mol. The van der Waals surface area contributed by atoms with Crippen LogP contribution in [-0.4, -0.2) is 63.9 Å². The molecule has 31 heavy (non-hydrogen) atoms. The van der Waals surface area contributed by atoms with Crippen LogP contribution in [0.5, 0.6) is 0 Å². The number of amides is 2. The van der Waals surface area contributed by atoms with Crippen LogP contribution in [0.4, 0.5) is 4.39 Å². The van der Waals surface area contributed by atoms with Crippen molar-refractivity contribution in [2.45, 2.75) is 11.3 Å². The molecule has 0 atom stereocenters. The van der Waals surface area contributed by atoms with E-state index in [1.54, 1.807) is 18.2 Å². The van der Waals surface area contributed by atoms with Crippen molar-refractivity contribution in [1.29, 1.82) is 0 Å². The van der Waals surface area contributed by atoms with E-state index in [4.69, 9.17) is 4.74 Å². The molecule has 1 saturated heterocycles. The van der Waals surface area contributed by atoms with E-state index in [0.29, 0.717) is 18.8 Å². The second-order valence-corrected chi connectivity index (χ2v) is 8.83. The summed E-state index contributed by atoms with van der Waals surface area (Å²) in [4.78, 5) is 24.5. The Morgan fingerprint density at radius 3 is 2.45 bits per heavy atom. The van der Waals surface area contributed by atoms with Gasteiger partial charge in [-0.3, -0.25) is 9.59 Å². The fourth-order valence-electron chi connectivity index (χ4n) is 3.17. The lowest BCUT2D eigenvalue weighted by atomic mass is 10.1. The number of nitrogens with zero attached hydrogens (tertiary/aromatic N) is 1. The minimum Gasteiger partial charge on any atom is -0.379 e. The molecule has 8 nitrogen and oxygen atoms in total. The zero-order valence-corrected chi connectivity index (χ0v) is 17.7. The molecule has 0 unspecified atom stereocenters. The SMILES string of the molecule is O=C(Cc1cccc(F)c1)NCCNC(=O)c1ccccc1S(=O)(=O)N1CCOCC1. The number of morpholine rings is 1. The average Bonchev–Trinajstić information content (AvgIpc) is 2.77. The number of rotatable bonds is 8. The van der Waals surface area contributed by atoms with E-state index in [0.717, 1.165) is 0 Å². The van der Waals surface area contributed by atoms with Crippen LogP contribution >= 0.6 is 0 Å². The van der Waals surface area contributed by atoms with Crippen LogP contribution in [0.25, 0.3) is 0 Å². The highest BCUT2D eigenvalue weighted by molar-refractivity contribution is 7.89. The van der Waals surface area contributed by atoms with Crippen molar-refractivity contribution in [3.05, 3.63) is 65.5 Å². The van der Waals surface area contributed by atoms with Crippen LogP contribution in [0.1, 0.15) is 15.9 Å². The van der Waals surface area contributed by atoms with Gasteiger partial charge >= 0.3 is 0 Å². The number of carbonyl (C=O) groups is 2. The molecule has 166 valence electrons. The summed E-state index contributed by atoms with van der Waals surface area (Å²) in [5.41, 5.74) is 0.587. The van der Waals surface area contributed by atoms with Gasteiger partial charge in [-0.2, -0.15) is 4.31 Å². The molecule has 1 aliphatic heterocycles. The lowest BCUT2D eigenvalue weighted by Gasteiger charge is -2.26. The van der Waals surface area contributed by atoms with E-state index in [1.165, 1.54) is 34.6 Å². The molecule has 3 rings (SSSR count). The maximum absolute atomic E-state index is 13.2. The van der Waals surface area contributed by atoms with Crippen molar-refractivity contribution in [1.82, 2.24) is 14.9 Å². The summed E-state index contributed by atoms with van der Waals surface area (Å²) in [6, 6.07) is 11.8. The van der Waals surface area contributed by atoms with Crippen LogP contribution in [-0.2, 0) is 26.0 Å². The van der Waals surface area contributed by atoms with E-state index in [-0.39, 0.29) is 49.0 Å². The van der Waals surface area contributed by atoms with E-state index in [9.17, 15) is 22.4 Å². The number of carbonyl (C=O) groups excluding carboxylic acids is 2. The number of benzene rings is 2. The molecule has 0 radical (unpaired) electrons. The third-order valence-electron chi connectivity index (χ3n) is 4.71. The first-order valence-corrected chi connectivity index (χ1v) is 11.3. The Balaban J connectivity index is 1.54. The highest BCUT2D eigenvalue weighted by atomic mass is 32.2. The molecule has 2 amide bonds. The number of hydrogen-bond donors (Lipinski definition) is 2. The summed E-state index contributed by atoms with van der Waals surface area (Å²) in [5.74, 6) is -1.27. The minimum atomic E-state index is -3.83. The third-order valence-corrected chi connectivity index (χ3v) is 6.66. The van der Waals surface area contributed by atoms with E-state index in [1.807, 2.05) is 0 Å². The fourth-order valence-corrected chi connectivity index (χ4v) is 4.77. The molecule has 0 saturated carbocycles. The van der Waals surface area contributed by atoms with Gasteiger partial charge in [0.2, 0.25) is 15.9 Å². The quantitative estimate of drug-likeness (QED) is 0.584. The van der Waals surface area contributed by atoms with Gasteiger partial charge in [-0.05, 0) is 29.8 Å². The smallest absolute Gasteiger partial charge is 0.252 e. The van der Waals surface area contributed by atoms with Crippen LogP contribution < -0.4 is 10.6 Å². The molecule has 0 spiro atoms. The second kappa shape index (κ2) is 10.5. The maximum Gasteiger partial charge on any atom is 0.252 e. The van der Waals surface area contributed by atoms with Crippen molar-refractivity contribution in [3.63, 3.8) is 0 Å². The van der Waals surface area contributed by atoms with Gasteiger partial charge in [0, 0.05) is 26.2 Å². The van der Waals surface area contributed by atoms with Gasteiger partial charge in [-0.25, -0.2) is 12.8 Å². The number of nitrogens with one attached hydrogen (secondary N) is 2. The van der Waals surface area contributed by atoms with Gasteiger partial charge < -0.3 is 15.4 Å². The highest BCUT2D eigenvalue weighted by Gasteiger charge is 2.29. The minimum absolute atomic E-state index is 0.0202. The molecule has 2 N–H and O–H groups in total. The summed E-state index contributed by atoms with van der Waals surface area (Å²) in [7, 11) is -3.83. The maximum atomic E-state index is 13.2. The highest BCUT2D eigenvalue weighted by Crippen LogP contribution is 2.21. The van der Waals surface area contributed by atoms with Crippen LogP contribution in [0.15, 0.2) is 53.4 Å². The molecule has 0 aliphatic carbocycles. The predicted octanol–water partition coefficient (Wildman–Crippen LogP) is 0.935. The number of sulfonamides is 1. The molecule has 1 heterocycles. The Kier molecular flexibility index (Phi) is 7.72. The van der Waals surface area contributed by atoms with Gasteiger partial charge in [-0.1, -0.05) is 24.3 Å². The van der Waals surface area contributed by atoms with Gasteiger partial charge in [-0.15, -0.1) is 0 Å². The number of hydrogen-bond acceptors (Lipinski definition) is 5. The number of ether oxygens (including phenoxy) is 1. The zero-order chi connectivity index (χ0) is 22.3.